The molecule has 3 aromatic rings. The van der Waals surface area contributed by atoms with Gasteiger partial charge in [-0.2, -0.15) is 10.3 Å². The number of hydrogen-bond donors (Lipinski definition) is 1. The normalized spacial score (nSPS) is 10.7. The van der Waals surface area contributed by atoms with Crippen LogP contribution in [0.2, 0.25) is 0 Å². The number of hydrogen-bond acceptors (Lipinski definition) is 5. The van der Waals surface area contributed by atoms with Gasteiger partial charge in [-0.25, -0.2) is 9.97 Å². The molecule has 0 atom stereocenters. The number of aromatic nitrogens is 6. The minimum atomic E-state index is 0.547. The van der Waals surface area contributed by atoms with Crippen LogP contribution in [0.4, 0.5) is 0 Å². The third-order valence-electron chi connectivity index (χ3n) is 1.97. The van der Waals surface area contributed by atoms with Crippen molar-refractivity contribution in [2.45, 2.75) is 0 Å². The van der Waals surface area contributed by atoms with Gasteiger partial charge in [0.05, 0.1) is 6.20 Å². The van der Waals surface area contributed by atoms with E-state index in [1.165, 1.54) is 0 Å². The Kier molecular flexibility index (Phi) is 1.64. The van der Waals surface area contributed by atoms with Crippen molar-refractivity contribution in [1.29, 1.82) is 0 Å². The first-order chi connectivity index (χ1) is 7.43. The van der Waals surface area contributed by atoms with E-state index in [9.17, 15) is 0 Å². The molecule has 6 heteroatoms. The monoisotopic (exact) mass is 198 g/mol. The zero-order valence-corrected chi connectivity index (χ0v) is 7.62. The Bertz CT molecular complexity index is 588. The molecular weight excluding hydrogens is 192 g/mol. The van der Waals surface area contributed by atoms with E-state index in [0.717, 1.165) is 5.69 Å². The van der Waals surface area contributed by atoms with Crippen molar-refractivity contribution < 1.29 is 0 Å². The van der Waals surface area contributed by atoms with Gasteiger partial charge in [0.2, 0.25) is 5.65 Å². The maximum Gasteiger partial charge on any atom is 0.205 e. The Morgan fingerprint density at radius 2 is 2.07 bits per heavy atom. The van der Waals surface area contributed by atoms with Gasteiger partial charge in [-0.05, 0) is 12.1 Å². The molecular formula is C9H6N6. The van der Waals surface area contributed by atoms with Gasteiger partial charge in [0.15, 0.2) is 5.82 Å². The van der Waals surface area contributed by atoms with Gasteiger partial charge in [-0.1, -0.05) is 6.07 Å². The lowest BCUT2D eigenvalue weighted by molar-refractivity contribution is 0.954. The molecule has 3 rings (SSSR count). The smallest absolute Gasteiger partial charge is 0.205 e. The van der Waals surface area contributed by atoms with Crippen LogP contribution in [0.3, 0.4) is 0 Å². The topological polar surface area (TPSA) is 80.2 Å². The largest absolute Gasteiger partial charge is 0.253 e. The average Bonchev–Trinajstić information content (AvgIpc) is 2.77. The van der Waals surface area contributed by atoms with Crippen molar-refractivity contribution in [2.24, 2.45) is 0 Å². The summed E-state index contributed by atoms with van der Waals surface area (Å²) in [6.07, 6.45) is 3.32. The van der Waals surface area contributed by atoms with Crippen molar-refractivity contribution in [3.8, 4) is 11.5 Å². The van der Waals surface area contributed by atoms with Crippen molar-refractivity contribution in [3.05, 3.63) is 30.6 Å². The maximum atomic E-state index is 4.23. The first kappa shape index (κ1) is 7.98. The highest BCUT2D eigenvalue weighted by atomic mass is 15.3. The van der Waals surface area contributed by atoms with E-state index in [1.807, 2.05) is 18.2 Å². The first-order valence-electron chi connectivity index (χ1n) is 4.38. The molecule has 3 aromatic heterocycles. The Morgan fingerprint density at radius 3 is 2.93 bits per heavy atom. The van der Waals surface area contributed by atoms with Gasteiger partial charge in [-0.3, -0.25) is 4.98 Å². The number of pyridine rings is 1. The summed E-state index contributed by atoms with van der Waals surface area (Å²) in [5.41, 5.74) is 1.92. The van der Waals surface area contributed by atoms with Crippen LogP contribution in [-0.2, 0) is 0 Å². The van der Waals surface area contributed by atoms with Gasteiger partial charge in [0.1, 0.15) is 11.2 Å². The molecule has 0 fully saturated rings. The molecule has 15 heavy (non-hydrogen) atoms. The molecule has 3 heterocycles. The Morgan fingerprint density at radius 1 is 1.07 bits per heavy atom. The second kappa shape index (κ2) is 3.09. The van der Waals surface area contributed by atoms with E-state index in [2.05, 4.69) is 30.4 Å². The Hall–Kier alpha value is -2.37. The van der Waals surface area contributed by atoms with Crippen LogP contribution in [0.5, 0.6) is 0 Å². The number of H-pyrrole nitrogens is 1. The molecule has 0 spiro atoms. The lowest BCUT2D eigenvalue weighted by Gasteiger charge is -1.96. The molecule has 0 saturated carbocycles. The lowest BCUT2D eigenvalue weighted by atomic mass is 10.3. The molecule has 0 bridgehead atoms. The zero-order valence-electron chi connectivity index (χ0n) is 7.62. The van der Waals surface area contributed by atoms with Crippen LogP contribution < -0.4 is 0 Å². The highest BCUT2D eigenvalue weighted by Crippen LogP contribution is 2.12. The fraction of sp³-hybridized carbons (Fsp3) is 0. The van der Waals surface area contributed by atoms with E-state index in [1.54, 1.807) is 12.4 Å². The van der Waals surface area contributed by atoms with Gasteiger partial charge in [0.25, 0.3) is 0 Å². The Labute approximate surface area is 84.4 Å². The summed E-state index contributed by atoms with van der Waals surface area (Å²) in [5.74, 6) is 0.553. The van der Waals surface area contributed by atoms with Crippen LogP contribution in [0.1, 0.15) is 0 Å². The summed E-state index contributed by atoms with van der Waals surface area (Å²) >= 11 is 0. The summed E-state index contributed by atoms with van der Waals surface area (Å²) < 4.78 is 0. The first-order valence-corrected chi connectivity index (χ1v) is 4.38. The van der Waals surface area contributed by atoms with Crippen LogP contribution in [-0.4, -0.2) is 30.4 Å². The highest BCUT2D eigenvalue weighted by Gasteiger charge is 2.05. The van der Waals surface area contributed by atoms with Crippen molar-refractivity contribution in [3.63, 3.8) is 0 Å². The van der Waals surface area contributed by atoms with E-state index in [0.29, 0.717) is 17.0 Å². The highest BCUT2D eigenvalue weighted by molar-refractivity contribution is 5.69. The summed E-state index contributed by atoms with van der Waals surface area (Å²) in [5, 5.41) is 10.3. The summed E-state index contributed by atoms with van der Waals surface area (Å²) in [7, 11) is 0. The summed E-state index contributed by atoms with van der Waals surface area (Å²) in [4.78, 5) is 12.5. The third kappa shape index (κ3) is 1.32. The van der Waals surface area contributed by atoms with E-state index < -0.39 is 0 Å². The quantitative estimate of drug-likeness (QED) is 0.625. The zero-order chi connectivity index (χ0) is 10.1. The molecule has 0 unspecified atom stereocenters. The number of fused-ring (bicyclic) bond motifs is 1. The second-order valence-corrected chi connectivity index (χ2v) is 2.94. The minimum Gasteiger partial charge on any atom is -0.253 e. The fourth-order valence-corrected chi connectivity index (χ4v) is 1.27. The van der Waals surface area contributed by atoms with Crippen LogP contribution in [0, 0.1) is 0 Å². The summed E-state index contributed by atoms with van der Waals surface area (Å²) in [6, 6.07) is 5.58. The van der Waals surface area contributed by atoms with Gasteiger partial charge >= 0.3 is 0 Å². The fourth-order valence-electron chi connectivity index (χ4n) is 1.27. The number of aromatic amines is 1. The minimum absolute atomic E-state index is 0.547. The third-order valence-corrected chi connectivity index (χ3v) is 1.97. The standard InChI is InChI=1S/C9H6N6/c1-2-4-10-6(3-1)8-11-5-7-9(12-8)14-15-13-7/h1-5H,(H,11,12,13,14,15). The average molecular weight is 198 g/mol. The molecule has 6 nitrogen and oxygen atoms in total. The van der Waals surface area contributed by atoms with Gasteiger partial charge in [-0.15, -0.1) is 5.10 Å². The van der Waals surface area contributed by atoms with E-state index >= 15 is 0 Å². The van der Waals surface area contributed by atoms with Gasteiger partial charge < -0.3 is 0 Å². The second-order valence-electron chi connectivity index (χ2n) is 2.94. The number of rotatable bonds is 1. The molecule has 0 aliphatic rings. The number of nitrogens with zero attached hydrogens (tertiary/aromatic N) is 5. The van der Waals surface area contributed by atoms with Crippen LogP contribution in [0.15, 0.2) is 30.6 Å². The summed E-state index contributed by atoms with van der Waals surface area (Å²) in [6.45, 7) is 0. The van der Waals surface area contributed by atoms with Crippen molar-refractivity contribution >= 4 is 11.2 Å². The molecule has 0 aromatic carbocycles. The SMILES string of the molecule is c1ccc(-c2ncc3n[nH]nc3n2)nc1. The maximum absolute atomic E-state index is 4.23. The van der Waals surface area contributed by atoms with E-state index in [4.69, 9.17) is 0 Å². The predicted octanol–water partition coefficient (Wildman–Crippen LogP) is 0.810. The molecule has 0 amide bonds. The Balaban J connectivity index is 2.19. The van der Waals surface area contributed by atoms with E-state index in [-0.39, 0.29) is 0 Å². The van der Waals surface area contributed by atoms with Crippen molar-refractivity contribution in [2.75, 3.05) is 0 Å². The molecule has 0 aliphatic heterocycles. The van der Waals surface area contributed by atoms with Gasteiger partial charge in [0, 0.05) is 6.20 Å². The molecule has 0 aliphatic carbocycles. The lowest BCUT2D eigenvalue weighted by Crippen LogP contribution is -1.91. The van der Waals surface area contributed by atoms with Crippen molar-refractivity contribution in [1.82, 2.24) is 30.4 Å². The molecule has 72 valence electrons. The van der Waals surface area contributed by atoms with Crippen LogP contribution in [0.25, 0.3) is 22.7 Å². The molecule has 1 N–H and O–H groups in total. The predicted molar refractivity (Wildman–Crippen MR) is 52.7 cm³/mol. The number of nitrogens with one attached hydrogen (secondary N) is 1. The molecule has 0 radical (unpaired) electrons. The van der Waals surface area contributed by atoms with Crippen LogP contribution >= 0.6 is 0 Å². The molecule has 0 saturated heterocycles.